The van der Waals surface area contributed by atoms with Crippen LogP contribution in [0.25, 0.3) is 10.9 Å². The van der Waals surface area contributed by atoms with Crippen molar-refractivity contribution in [3.05, 3.63) is 35.5 Å². The second kappa shape index (κ2) is 5.53. The Kier molecular flexibility index (Phi) is 3.61. The van der Waals surface area contributed by atoms with Gasteiger partial charge in [-0.1, -0.05) is 11.6 Å². The van der Waals surface area contributed by atoms with Crippen molar-refractivity contribution in [1.29, 1.82) is 0 Å². The van der Waals surface area contributed by atoms with Crippen molar-refractivity contribution >= 4 is 22.7 Å². The zero-order chi connectivity index (χ0) is 18.7. The molecule has 138 valence electrons. The zero-order valence-electron chi connectivity index (χ0n) is 14.7. The van der Waals surface area contributed by atoms with Crippen molar-refractivity contribution in [2.24, 2.45) is 5.41 Å². The van der Waals surface area contributed by atoms with Gasteiger partial charge in [0.2, 0.25) is 5.91 Å². The molecule has 4 rings (SSSR count). The fraction of sp³-hybridized carbons (Fsp3) is 0.474. The number of nitrogens with zero attached hydrogens (tertiary/aromatic N) is 1. The molecule has 1 aromatic carbocycles. The molecule has 0 unspecified atom stereocenters. The molecule has 7 heteroatoms. The van der Waals surface area contributed by atoms with Gasteiger partial charge in [0.1, 0.15) is 11.7 Å². The number of carbonyl (C=O) groups excluding carboxylic acids is 2. The minimum Gasteiger partial charge on any atom is -0.351 e. The molecule has 1 saturated carbocycles. The highest BCUT2D eigenvalue weighted by Crippen LogP contribution is 2.65. The van der Waals surface area contributed by atoms with Gasteiger partial charge in [0.15, 0.2) is 0 Å². The first-order chi connectivity index (χ1) is 12.2. The summed E-state index contributed by atoms with van der Waals surface area (Å²) in [6.45, 7) is 3.95. The average molecular weight is 361 g/mol. The van der Waals surface area contributed by atoms with E-state index >= 15 is 0 Å². The van der Waals surface area contributed by atoms with E-state index in [4.69, 9.17) is 0 Å². The molecule has 2 fully saturated rings. The third-order valence-electron chi connectivity index (χ3n) is 5.62. The molecule has 2 aromatic rings. The van der Waals surface area contributed by atoms with E-state index in [1.54, 1.807) is 13.0 Å². The first-order valence-electron chi connectivity index (χ1n) is 8.78. The smallest absolute Gasteiger partial charge is 0.268 e. The summed E-state index contributed by atoms with van der Waals surface area (Å²) >= 11 is 0. The lowest BCUT2D eigenvalue weighted by Crippen LogP contribution is -2.46. The van der Waals surface area contributed by atoms with Crippen LogP contribution in [0.4, 0.5) is 8.78 Å². The number of nitrogens with one attached hydrogen (secondary N) is 2. The molecule has 1 saturated heterocycles. The molecule has 1 spiro atoms. The first kappa shape index (κ1) is 17.0. The van der Waals surface area contributed by atoms with Gasteiger partial charge < -0.3 is 15.2 Å². The number of hydrogen-bond donors (Lipinski definition) is 2. The highest BCUT2D eigenvalue weighted by molar-refractivity contribution is 6.00. The Morgan fingerprint density at radius 1 is 1.31 bits per heavy atom. The largest absolute Gasteiger partial charge is 0.351 e. The van der Waals surface area contributed by atoms with E-state index < -0.39 is 17.4 Å². The van der Waals surface area contributed by atoms with Crippen LogP contribution in [0.15, 0.2) is 24.3 Å². The molecule has 1 aliphatic carbocycles. The Hall–Kier alpha value is -2.44. The second-order valence-corrected chi connectivity index (χ2v) is 7.64. The van der Waals surface area contributed by atoms with Crippen LogP contribution in [0.2, 0.25) is 0 Å². The first-order valence-corrected chi connectivity index (χ1v) is 8.78. The van der Waals surface area contributed by atoms with E-state index in [-0.39, 0.29) is 24.8 Å². The third kappa shape index (κ3) is 2.66. The standard InChI is InChI=1S/C19H21F2N3O2/c1-11-3-4-14-13(7-11)8-15(23-14)16(25)22-12(2)17(26)24-6-5-18(10-24)9-19(18,20)21/h3-4,7-8,12,23H,5-6,9-10H2,1-2H3,(H,22,25)/t12-,18-/m1/s1. The Labute approximate surface area is 149 Å². The van der Waals surface area contributed by atoms with Gasteiger partial charge in [0.05, 0.1) is 5.41 Å². The highest BCUT2D eigenvalue weighted by atomic mass is 19.3. The maximum Gasteiger partial charge on any atom is 0.268 e. The maximum atomic E-state index is 13.5. The minimum atomic E-state index is -2.66. The van der Waals surface area contributed by atoms with Crippen molar-refractivity contribution in [2.45, 2.75) is 38.7 Å². The van der Waals surface area contributed by atoms with Gasteiger partial charge in [-0.15, -0.1) is 0 Å². The lowest BCUT2D eigenvalue weighted by molar-refractivity contribution is -0.132. The number of hydrogen-bond acceptors (Lipinski definition) is 2. The third-order valence-corrected chi connectivity index (χ3v) is 5.62. The summed E-state index contributed by atoms with van der Waals surface area (Å²) in [5, 5.41) is 3.59. The van der Waals surface area contributed by atoms with E-state index in [1.165, 1.54) is 4.90 Å². The van der Waals surface area contributed by atoms with Crippen LogP contribution in [0.3, 0.4) is 0 Å². The van der Waals surface area contributed by atoms with Crippen LogP contribution in [0.5, 0.6) is 0 Å². The predicted octanol–water partition coefficient (Wildman–Crippen LogP) is 2.85. The number of halogens is 2. The Bertz CT molecular complexity index is 907. The summed E-state index contributed by atoms with van der Waals surface area (Å²) in [6.07, 6.45) is 0.187. The average Bonchev–Trinajstić information content (AvgIpc) is 2.96. The summed E-state index contributed by atoms with van der Waals surface area (Å²) in [7, 11) is 0. The molecule has 2 atom stereocenters. The summed E-state index contributed by atoms with van der Waals surface area (Å²) in [4.78, 5) is 29.4. The lowest BCUT2D eigenvalue weighted by atomic mass is 10.1. The summed E-state index contributed by atoms with van der Waals surface area (Å²) in [5.41, 5.74) is 1.28. The van der Waals surface area contributed by atoms with Crippen LogP contribution in [0.1, 0.15) is 35.8 Å². The molecule has 1 aliphatic heterocycles. The number of alkyl halides is 2. The van der Waals surface area contributed by atoms with Crippen molar-refractivity contribution < 1.29 is 18.4 Å². The van der Waals surface area contributed by atoms with Gasteiger partial charge >= 0.3 is 0 Å². The van der Waals surface area contributed by atoms with Crippen LogP contribution in [0, 0.1) is 12.3 Å². The molecule has 2 amide bonds. The Balaban J connectivity index is 1.41. The van der Waals surface area contributed by atoms with Crippen LogP contribution in [-0.2, 0) is 4.79 Å². The number of aromatic amines is 1. The van der Waals surface area contributed by atoms with E-state index in [0.29, 0.717) is 18.7 Å². The van der Waals surface area contributed by atoms with Gasteiger partial charge in [0.25, 0.3) is 11.8 Å². The number of aromatic nitrogens is 1. The summed E-state index contributed by atoms with van der Waals surface area (Å²) < 4.78 is 27.0. The molecule has 5 nitrogen and oxygen atoms in total. The van der Waals surface area contributed by atoms with Crippen LogP contribution in [-0.4, -0.2) is 46.8 Å². The number of aryl methyl sites for hydroxylation is 1. The molecule has 2 aliphatic rings. The fourth-order valence-corrected chi connectivity index (χ4v) is 3.87. The van der Waals surface area contributed by atoms with Gasteiger partial charge in [-0.3, -0.25) is 9.59 Å². The van der Waals surface area contributed by atoms with Gasteiger partial charge in [0, 0.05) is 30.4 Å². The number of likely N-dealkylation sites (tertiary alicyclic amines) is 1. The topological polar surface area (TPSA) is 65.2 Å². The number of benzene rings is 1. The minimum absolute atomic E-state index is 0.0741. The van der Waals surface area contributed by atoms with E-state index in [2.05, 4.69) is 10.3 Å². The molecule has 2 N–H and O–H groups in total. The van der Waals surface area contributed by atoms with Gasteiger partial charge in [-0.25, -0.2) is 8.78 Å². The monoisotopic (exact) mass is 361 g/mol. The molecule has 0 radical (unpaired) electrons. The van der Waals surface area contributed by atoms with Crippen molar-refractivity contribution in [1.82, 2.24) is 15.2 Å². The lowest BCUT2D eigenvalue weighted by Gasteiger charge is -2.21. The fourth-order valence-electron chi connectivity index (χ4n) is 3.87. The normalized spacial score (nSPS) is 24.8. The molecular formula is C19H21F2N3O2. The van der Waals surface area contributed by atoms with Crippen LogP contribution < -0.4 is 5.32 Å². The predicted molar refractivity (Wildman–Crippen MR) is 93.2 cm³/mol. The molecule has 0 bridgehead atoms. The molecule has 1 aromatic heterocycles. The van der Waals surface area contributed by atoms with Crippen molar-refractivity contribution in [3.8, 4) is 0 Å². The van der Waals surface area contributed by atoms with Crippen LogP contribution >= 0.6 is 0 Å². The van der Waals surface area contributed by atoms with Gasteiger partial charge in [-0.2, -0.15) is 0 Å². The second-order valence-electron chi connectivity index (χ2n) is 7.64. The SMILES string of the molecule is Cc1ccc2[nH]c(C(=O)N[C@H](C)C(=O)N3CC[C@]4(C3)CC4(F)F)cc2c1. The number of fused-ring (bicyclic) bond motifs is 1. The van der Waals surface area contributed by atoms with E-state index in [9.17, 15) is 18.4 Å². The molecule has 26 heavy (non-hydrogen) atoms. The van der Waals surface area contributed by atoms with E-state index in [1.807, 2.05) is 25.1 Å². The molecular weight excluding hydrogens is 340 g/mol. The number of carbonyl (C=O) groups is 2. The number of rotatable bonds is 3. The molecule has 2 heterocycles. The summed E-state index contributed by atoms with van der Waals surface area (Å²) in [6, 6.07) is 6.79. The van der Waals surface area contributed by atoms with Crippen molar-refractivity contribution in [3.63, 3.8) is 0 Å². The van der Waals surface area contributed by atoms with Crippen molar-refractivity contribution in [2.75, 3.05) is 13.1 Å². The van der Waals surface area contributed by atoms with Gasteiger partial charge in [-0.05, 0) is 38.5 Å². The maximum absolute atomic E-state index is 13.5. The Morgan fingerprint density at radius 3 is 2.69 bits per heavy atom. The number of H-pyrrole nitrogens is 1. The highest BCUT2D eigenvalue weighted by Gasteiger charge is 2.73. The summed E-state index contributed by atoms with van der Waals surface area (Å²) in [5.74, 6) is -3.35. The zero-order valence-corrected chi connectivity index (χ0v) is 14.7. The van der Waals surface area contributed by atoms with E-state index in [0.717, 1.165) is 16.5 Å². The Morgan fingerprint density at radius 2 is 2.04 bits per heavy atom. The number of amides is 2. The quantitative estimate of drug-likeness (QED) is 0.883.